The van der Waals surface area contributed by atoms with Gasteiger partial charge in [0.25, 0.3) is 0 Å². The molecule has 0 radical (unpaired) electrons. The third-order valence-corrected chi connectivity index (χ3v) is 4.87. The Bertz CT molecular complexity index is 826. The number of hydrogen-bond acceptors (Lipinski definition) is 5. The van der Waals surface area contributed by atoms with Crippen molar-refractivity contribution in [2.24, 2.45) is 0 Å². The highest BCUT2D eigenvalue weighted by Gasteiger charge is 2.19. The van der Waals surface area contributed by atoms with Crippen molar-refractivity contribution in [2.75, 3.05) is 11.9 Å². The summed E-state index contributed by atoms with van der Waals surface area (Å²) in [5.41, 5.74) is 3.04. The molecule has 4 rings (SSSR count). The van der Waals surface area contributed by atoms with Crippen LogP contribution >= 0.6 is 15.9 Å². The summed E-state index contributed by atoms with van der Waals surface area (Å²) in [5, 5.41) is 11.5. The van der Waals surface area contributed by atoms with Crippen molar-refractivity contribution in [3.8, 4) is 0 Å². The van der Waals surface area contributed by atoms with E-state index in [4.69, 9.17) is 4.98 Å². The summed E-state index contributed by atoms with van der Waals surface area (Å²) in [5.74, 6) is 0.942. The SMILES string of the molecule is Brc1cnn2c(NCc3cccnc3)cc(C3CCCCN3)nc12. The Labute approximate surface area is 148 Å². The molecule has 2 N–H and O–H groups in total. The Morgan fingerprint density at radius 2 is 2.29 bits per heavy atom. The lowest BCUT2D eigenvalue weighted by Crippen LogP contribution is -2.27. The molecule has 1 unspecified atom stereocenters. The van der Waals surface area contributed by atoms with Crippen LogP contribution in [0.15, 0.2) is 41.3 Å². The second kappa shape index (κ2) is 6.86. The van der Waals surface area contributed by atoms with E-state index in [1.54, 1.807) is 12.4 Å². The smallest absolute Gasteiger partial charge is 0.171 e. The van der Waals surface area contributed by atoms with Gasteiger partial charge in [-0.2, -0.15) is 9.61 Å². The van der Waals surface area contributed by atoms with E-state index in [0.29, 0.717) is 12.6 Å². The van der Waals surface area contributed by atoms with Crippen LogP contribution in [-0.2, 0) is 6.54 Å². The van der Waals surface area contributed by atoms with E-state index < -0.39 is 0 Å². The van der Waals surface area contributed by atoms with Crippen LogP contribution in [0.5, 0.6) is 0 Å². The molecule has 0 saturated carbocycles. The molecule has 6 nitrogen and oxygen atoms in total. The maximum absolute atomic E-state index is 4.81. The van der Waals surface area contributed by atoms with E-state index >= 15 is 0 Å². The fraction of sp³-hybridized carbons (Fsp3) is 0.353. The first-order chi connectivity index (χ1) is 11.8. The molecule has 7 heteroatoms. The predicted molar refractivity (Wildman–Crippen MR) is 96.8 cm³/mol. The van der Waals surface area contributed by atoms with Crippen LogP contribution < -0.4 is 10.6 Å². The Balaban J connectivity index is 1.67. The van der Waals surface area contributed by atoms with E-state index in [1.807, 2.05) is 16.8 Å². The molecule has 3 aromatic rings. The number of aromatic nitrogens is 4. The van der Waals surface area contributed by atoms with Crippen LogP contribution in [0, 0.1) is 0 Å². The molecule has 1 aliphatic heterocycles. The van der Waals surface area contributed by atoms with Gasteiger partial charge in [-0.25, -0.2) is 4.98 Å². The van der Waals surface area contributed by atoms with E-state index in [2.05, 4.69) is 48.8 Å². The lowest BCUT2D eigenvalue weighted by Gasteiger charge is -2.23. The van der Waals surface area contributed by atoms with Gasteiger partial charge in [-0.05, 0) is 46.9 Å². The lowest BCUT2D eigenvalue weighted by atomic mass is 10.0. The van der Waals surface area contributed by atoms with E-state index in [1.165, 1.54) is 12.8 Å². The highest BCUT2D eigenvalue weighted by molar-refractivity contribution is 9.10. The van der Waals surface area contributed by atoms with Gasteiger partial charge in [-0.3, -0.25) is 4.98 Å². The zero-order valence-corrected chi connectivity index (χ0v) is 14.8. The molecule has 1 fully saturated rings. The first-order valence-electron chi connectivity index (χ1n) is 8.21. The average molecular weight is 387 g/mol. The summed E-state index contributed by atoms with van der Waals surface area (Å²) < 4.78 is 2.75. The second-order valence-electron chi connectivity index (χ2n) is 6.01. The number of fused-ring (bicyclic) bond motifs is 1. The number of nitrogens with zero attached hydrogens (tertiary/aromatic N) is 4. The third kappa shape index (κ3) is 3.14. The molecule has 1 aliphatic rings. The molecule has 3 aromatic heterocycles. The largest absolute Gasteiger partial charge is 0.366 e. The van der Waals surface area contributed by atoms with Gasteiger partial charge < -0.3 is 10.6 Å². The number of rotatable bonds is 4. The normalized spacial score (nSPS) is 18.0. The number of halogens is 1. The summed E-state index contributed by atoms with van der Waals surface area (Å²) in [6.07, 6.45) is 9.04. The van der Waals surface area contributed by atoms with Crippen molar-refractivity contribution in [1.82, 2.24) is 24.9 Å². The fourth-order valence-electron chi connectivity index (χ4n) is 3.06. The van der Waals surface area contributed by atoms with Crippen molar-refractivity contribution >= 4 is 27.4 Å². The van der Waals surface area contributed by atoms with E-state index in [9.17, 15) is 0 Å². The van der Waals surface area contributed by atoms with Crippen LogP contribution in [0.2, 0.25) is 0 Å². The van der Waals surface area contributed by atoms with Gasteiger partial charge in [0.15, 0.2) is 5.65 Å². The van der Waals surface area contributed by atoms with E-state index in [-0.39, 0.29) is 0 Å². The zero-order valence-electron chi connectivity index (χ0n) is 13.2. The molecule has 0 spiro atoms. The summed E-state index contributed by atoms with van der Waals surface area (Å²) in [6, 6.07) is 6.41. The van der Waals surface area contributed by atoms with Gasteiger partial charge in [0.1, 0.15) is 5.82 Å². The number of pyridine rings is 1. The fourth-order valence-corrected chi connectivity index (χ4v) is 3.41. The maximum atomic E-state index is 4.81. The van der Waals surface area contributed by atoms with Crippen LogP contribution in [0.25, 0.3) is 5.65 Å². The van der Waals surface area contributed by atoms with Crippen molar-refractivity contribution in [1.29, 1.82) is 0 Å². The van der Waals surface area contributed by atoms with Crippen molar-refractivity contribution < 1.29 is 0 Å². The molecule has 0 bridgehead atoms. The van der Waals surface area contributed by atoms with Crippen LogP contribution in [-0.4, -0.2) is 26.1 Å². The number of hydrogen-bond donors (Lipinski definition) is 2. The van der Waals surface area contributed by atoms with Crippen molar-refractivity contribution in [3.05, 3.63) is 52.5 Å². The molecule has 4 heterocycles. The van der Waals surface area contributed by atoms with Crippen molar-refractivity contribution in [3.63, 3.8) is 0 Å². The first kappa shape index (κ1) is 15.5. The molecule has 1 saturated heterocycles. The Morgan fingerprint density at radius 3 is 3.08 bits per heavy atom. The van der Waals surface area contributed by atoms with Crippen LogP contribution in [0.1, 0.15) is 36.6 Å². The summed E-state index contributed by atoms with van der Waals surface area (Å²) >= 11 is 3.55. The molecule has 24 heavy (non-hydrogen) atoms. The summed E-state index contributed by atoms with van der Waals surface area (Å²) in [6.45, 7) is 1.75. The standard InChI is InChI=1S/C17H19BrN6/c18-13-11-22-24-16(21-10-12-4-3-6-19-9-12)8-15(23-17(13)24)14-5-1-2-7-20-14/h3-4,6,8-9,11,14,20-21H,1-2,5,7,10H2. The summed E-state index contributed by atoms with van der Waals surface area (Å²) in [7, 11) is 0. The zero-order chi connectivity index (χ0) is 16.4. The minimum atomic E-state index is 0.310. The first-order valence-corrected chi connectivity index (χ1v) is 9.01. The maximum Gasteiger partial charge on any atom is 0.171 e. The number of piperidine rings is 1. The monoisotopic (exact) mass is 386 g/mol. The molecular weight excluding hydrogens is 368 g/mol. The summed E-state index contributed by atoms with van der Waals surface area (Å²) in [4.78, 5) is 8.97. The average Bonchev–Trinajstić information content (AvgIpc) is 3.02. The Hall–Kier alpha value is -1.99. The highest BCUT2D eigenvalue weighted by Crippen LogP contribution is 2.27. The van der Waals surface area contributed by atoms with Crippen LogP contribution in [0.3, 0.4) is 0 Å². The van der Waals surface area contributed by atoms with Gasteiger partial charge in [0.05, 0.1) is 16.4 Å². The minimum Gasteiger partial charge on any atom is -0.366 e. The molecule has 0 aliphatic carbocycles. The topological polar surface area (TPSA) is 67.1 Å². The quantitative estimate of drug-likeness (QED) is 0.719. The van der Waals surface area contributed by atoms with Gasteiger partial charge in [0.2, 0.25) is 0 Å². The molecule has 1 atom stereocenters. The van der Waals surface area contributed by atoms with Gasteiger partial charge in [-0.1, -0.05) is 12.5 Å². The van der Waals surface area contributed by atoms with Crippen LogP contribution in [0.4, 0.5) is 5.82 Å². The third-order valence-electron chi connectivity index (χ3n) is 4.31. The molecule has 124 valence electrons. The van der Waals surface area contributed by atoms with Gasteiger partial charge >= 0.3 is 0 Å². The lowest BCUT2D eigenvalue weighted by molar-refractivity contribution is 0.405. The Morgan fingerprint density at radius 1 is 1.33 bits per heavy atom. The van der Waals surface area contributed by atoms with E-state index in [0.717, 1.165) is 40.2 Å². The van der Waals surface area contributed by atoms with Gasteiger partial charge in [0, 0.05) is 31.0 Å². The van der Waals surface area contributed by atoms with Crippen molar-refractivity contribution in [2.45, 2.75) is 31.8 Å². The highest BCUT2D eigenvalue weighted by atomic mass is 79.9. The minimum absolute atomic E-state index is 0.310. The second-order valence-corrected chi connectivity index (χ2v) is 6.87. The number of nitrogens with one attached hydrogen (secondary N) is 2. The Kier molecular flexibility index (Phi) is 4.44. The molecule has 0 amide bonds. The predicted octanol–water partition coefficient (Wildman–Crippen LogP) is 3.31. The molecular formula is C17H19BrN6. The van der Waals surface area contributed by atoms with Gasteiger partial charge in [-0.15, -0.1) is 0 Å². The number of anilines is 1. The molecule has 0 aromatic carbocycles.